The van der Waals surface area contributed by atoms with E-state index in [0.717, 1.165) is 10.4 Å². The van der Waals surface area contributed by atoms with Crippen LogP contribution in [0.3, 0.4) is 0 Å². The Morgan fingerprint density at radius 1 is 1.62 bits per heavy atom. The lowest BCUT2D eigenvalue weighted by atomic mass is 10.4. The fourth-order valence-electron chi connectivity index (χ4n) is 1.15. The van der Waals surface area contributed by atoms with Gasteiger partial charge in [-0.1, -0.05) is 0 Å². The molecule has 0 unspecified atom stereocenters. The molecular formula is C8H4IN3S. The van der Waals surface area contributed by atoms with Gasteiger partial charge in [0.05, 0.1) is 10.4 Å². The molecule has 0 spiro atoms. The Morgan fingerprint density at radius 3 is 3.15 bits per heavy atom. The fraction of sp³-hybridized carbons (Fsp3) is 0. The zero-order valence-corrected chi connectivity index (χ0v) is 9.41. The average molecular weight is 301 g/mol. The summed E-state index contributed by atoms with van der Waals surface area (Å²) in [5.41, 5.74) is 1.56. The van der Waals surface area contributed by atoms with E-state index in [4.69, 9.17) is 5.26 Å². The fourth-order valence-corrected chi connectivity index (χ4v) is 2.53. The maximum absolute atomic E-state index is 8.91. The first kappa shape index (κ1) is 8.84. The number of nitriles is 1. The molecule has 64 valence electrons. The van der Waals surface area contributed by atoms with Crippen molar-refractivity contribution in [2.24, 2.45) is 0 Å². The third kappa shape index (κ3) is 1.40. The molecule has 0 aliphatic rings. The molecule has 0 N–H and O–H groups in total. The van der Waals surface area contributed by atoms with Crippen LogP contribution in [-0.4, -0.2) is 9.61 Å². The molecule has 5 heteroatoms. The summed E-state index contributed by atoms with van der Waals surface area (Å²) in [4.78, 5) is 0.960. The van der Waals surface area contributed by atoms with Crippen molar-refractivity contribution >= 4 is 35.7 Å². The van der Waals surface area contributed by atoms with E-state index < -0.39 is 0 Å². The van der Waals surface area contributed by atoms with E-state index >= 15 is 0 Å². The van der Waals surface area contributed by atoms with Gasteiger partial charge in [-0.05, 0) is 27.1 Å². The first-order chi connectivity index (χ1) is 6.36. The molecule has 13 heavy (non-hydrogen) atoms. The van der Waals surface area contributed by atoms with E-state index in [1.165, 1.54) is 8.93 Å². The van der Waals surface area contributed by atoms with Crippen LogP contribution in [-0.2, 0) is 0 Å². The number of halogens is 1. The van der Waals surface area contributed by atoms with Crippen LogP contribution in [0.1, 0.15) is 5.69 Å². The van der Waals surface area contributed by atoms with Crippen LogP contribution >= 0.6 is 30.1 Å². The van der Waals surface area contributed by atoms with E-state index in [1.54, 1.807) is 10.7 Å². The van der Waals surface area contributed by atoms with E-state index in [1.807, 2.05) is 18.2 Å². The summed E-state index contributed by atoms with van der Waals surface area (Å²) in [7, 11) is 1.53. The predicted molar refractivity (Wildman–Crippen MR) is 59.8 cm³/mol. The Balaban J connectivity index is 2.83. The summed E-state index contributed by atoms with van der Waals surface area (Å²) < 4.78 is 1.65. The Morgan fingerprint density at radius 2 is 2.46 bits per heavy atom. The van der Waals surface area contributed by atoms with Crippen LogP contribution < -0.4 is 0 Å². The number of fused-ring (bicyclic) bond motifs is 1. The molecule has 0 aromatic carbocycles. The van der Waals surface area contributed by atoms with Crippen LogP contribution in [0.2, 0.25) is 0 Å². The van der Waals surface area contributed by atoms with E-state index in [0.29, 0.717) is 5.69 Å². The highest BCUT2D eigenvalue weighted by Crippen LogP contribution is 2.30. The van der Waals surface area contributed by atoms with Gasteiger partial charge in [0.25, 0.3) is 0 Å². The van der Waals surface area contributed by atoms with Crippen LogP contribution in [0.15, 0.2) is 29.3 Å². The first-order valence-electron chi connectivity index (χ1n) is 3.52. The topological polar surface area (TPSA) is 41.1 Å². The highest BCUT2D eigenvalue weighted by atomic mass is 127. The molecule has 0 atom stereocenters. The molecule has 0 aliphatic carbocycles. The van der Waals surface area contributed by atoms with Gasteiger partial charge in [-0.25, -0.2) is 4.52 Å². The molecule has 0 saturated heterocycles. The molecule has 0 saturated carbocycles. The van der Waals surface area contributed by atoms with Crippen molar-refractivity contribution in [1.29, 1.82) is 5.26 Å². The zero-order valence-electron chi connectivity index (χ0n) is 6.44. The summed E-state index contributed by atoms with van der Waals surface area (Å²) in [6.07, 6.45) is 1.68. The molecule has 2 aromatic heterocycles. The lowest BCUT2D eigenvalue weighted by molar-refractivity contribution is 0.915. The van der Waals surface area contributed by atoms with Crippen molar-refractivity contribution < 1.29 is 0 Å². The van der Waals surface area contributed by atoms with Gasteiger partial charge in [-0.3, -0.25) is 0 Å². The van der Waals surface area contributed by atoms with E-state index in [2.05, 4.69) is 32.4 Å². The van der Waals surface area contributed by atoms with Gasteiger partial charge in [-0.15, -0.1) is 0 Å². The van der Waals surface area contributed by atoms with Gasteiger partial charge in [0.2, 0.25) is 0 Å². The van der Waals surface area contributed by atoms with Crippen LogP contribution in [0.4, 0.5) is 0 Å². The molecule has 0 amide bonds. The van der Waals surface area contributed by atoms with E-state index in [9.17, 15) is 0 Å². The summed E-state index contributed by atoms with van der Waals surface area (Å²) >= 11 is 2.16. The molecule has 0 aliphatic heterocycles. The SMILES string of the molecule is N#Cc1c(SI)cc2cccnn12. The number of aromatic nitrogens is 2. The minimum absolute atomic E-state index is 0.606. The molecule has 0 bridgehead atoms. The standard InChI is InChI=1S/C8H4IN3S/c9-13-8-4-6-2-1-3-11-12(6)7(8)5-10/h1-4H. The summed E-state index contributed by atoms with van der Waals surface area (Å²) in [6, 6.07) is 7.90. The zero-order chi connectivity index (χ0) is 9.26. The van der Waals surface area contributed by atoms with Crippen molar-refractivity contribution in [3.63, 3.8) is 0 Å². The molecule has 3 nitrogen and oxygen atoms in total. The molecular weight excluding hydrogens is 297 g/mol. The second kappa shape index (κ2) is 3.55. The van der Waals surface area contributed by atoms with Crippen molar-refractivity contribution in [2.45, 2.75) is 4.90 Å². The summed E-state index contributed by atoms with van der Waals surface area (Å²) in [5, 5.41) is 13.0. The smallest absolute Gasteiger partial charge is 0.157 e. The summed E-state index contributed by atoms with van der Waals surface area (Å²) in [6.45, 7) is 0. The third-order valence-corrected chi connectivity index (χ3v) is 3.59. The van der Waals surface area contributed by atoms with Crippen molar-refractivity contribution in [1.82, 2.24) is 9.61 Å². The molecule has 2 aromatic rings. The number of hydrogen-bond donors (Lipinski definition) is 0. The Hall–Kier alpha value is -0.740. The van der Waals surface area contributed by atoms with Crippen LogP contribution in [0.5, 0.6) is 0 Å². The van der Waals surface area contributed by atoms with Gasteiger partial charge in [-0.2, -0.15) is 10.4 Å². The van der Waals surface area contributed by atoms with Crippen LogP contribution in [0, 0.1) is 11.3 Å². The monoisotopic (exact) mass is 301 g/mol. The highest BCUT2D eigenvalue weighted by Gasteiger charge is 2.08. The summed E-state index contributed by atoms with van der Waals surface area (Å²) in [5.74, 6) is 0. The Kier molecular flexibility index (Phi) is 2.42. The largest absolute Gasteiger partial charge is 0.222 e. The minimum Gasteiger partial charge on any atom is -0.222 e. The first-order valence-corrected chi connectivity index (χ1v) is 6.88. The molecule has 0 fully saturated rings. The predicted octanol–water partition coefficient (Wildman–Crippen LogP) is 2.65. The maximum atomic E-state index is 8.91. The average Bonchev–Trinajstić information content (AvgIpc) is 2.55. The second-order valence-electron chi connectivity index (χ2n) is 2.41. The minimum atomic E-state index is 0.606. The molecule has 0 radical (unpaired) electrons. The van der Waals surface area contributed by atoms with Crippen molar-refractivity contribution in [2.75, 3.05) is 0 Å². The Bertz CT molecular complexity index is 486. The number of nitrogens with zero attached hydrogens (tertiary/aromatic N) is 3. The third-order valence-electron chi connectivity index (χ3n) is 1.69. The van der Waals surface area contributed by atoms with Gasteiger partial charge < -0.3 is 0 Å². The van der Waals surface area contributed by atoms with Crippen molar-refractivity contribution in [3.8, 4) is 6.07 Å². The van der Waals surface area contributed by atoms with Gasteiger partial charge in [0.1, 0.15) is 6.07 Å². The second-order valence-corrected chi connectivity index (χ2v) is 4.32. The number of hydrogen-bond acceptors (Lipinski definition) is 3. The molecule has 2 rings (SSSR count). The quantitative estimate of drug-likeness (QED) is 0.760. The van der Waals surface area contributed by atoms with E-state index in [-0.39, 0.29) is 0 Å². The van der Waals surface area contributed by atoms with Gasteiger partial charge in [0.15, 0.2) is 5.69 Å². The van der Waals surface area contributed by atoms with Gasteiger partial charge >= 0.3 is 0 Å². The maximum Gasteiger partial charge on any atom is 0.157 e. The van der Waals surface area contributed by atoms with Crippen molar-refractivity contribution in [3.05, 3.63) is 30.1 Å². The van der Waals surface area contributed by atoms with Gasteiger partial charge in [0, 0.05) is 27.4 Å². The highest BCUT2D eigenvalue weighted by molar-refractivity contribution is 14.2. The molecule has 2 heterocycles. The Labute approximate surface area is 91.3 Å². The lowest BCUT2D eigenvalue weighted by Crippen LogP contribution is -1.92. The normalized spacial score (nSPS) is 10.2. The number of rotatable bonds is 1. The van der Waals surface area contributed by atoms with Crippen LogP contribution in [0.25, 0.3) is 5.52 Å². The lowest BCUT2D eigenvalue weighted by Gasteiger charge is -1.92.